The highest BCUT2D eigenvalue weighted by Crippen LogP contribution is 2.10. The number of carbonyl (C=O) groups excluding carboxylic acids is 1. The molecule has 7 heteroatoms. The zero-order chi connectivity index (χ0) is 15.0. The first-order valence-corrected chi connectivity index (χ1v) is 6.80. The van der Waals surface area contributed by atoms with E-state index in [9.17, 15) is 4.79 Å². The molecule has 0 spiro atoms. The molecule has 0 fully saturated rings. The van der Waals surface area contributed by atoms with Crippen molar-refractivity contribution in [1.82, 2.24) is 15.5 Å². The Labute approximate surface area is 148 Å². The highest BCUT2D eigenvalue weighted by Gasteiger charge is 2.04. The summed E-state index contributed by atoms with van der Waals surface area (Å²) in [5, 5.41) is 6.98. The fraction of sp³-hybridized carbons (Fsp3) is 0.429. The van der Waals surface area contributed by atoms with E-state index in [0.29, 0.717) is 30.5 Å². The second-order valence-corrected chi connectivity index (χ2v) is 4.96. The third-order valence-corrected chi connectivity index (χ3v) is 2.94. The summed E-state index contributed by atoms with van der Waals surface area (Å²) >= 11 is 5.93. The molecule has 2 N–H and O–H groups in total. The van der Waals surface area contributed by atoms with Crippen molar-refractivity contribution in [1.29, 1.82) is 0 Å². The molecule has 0 aliphatic carbocycles. The monoisotopic (exact) mass is 424 g/mol. The van der Waals surface area contributed by atoms with Crippen molar-refractivity contribution in [2.24, 2.45) is 4.99 Å². The first kappa shape index (κ1) is 20.0. The Bertz CT molecular complexity index is 480. The maximum atomic E-state index is 11.4. The van der Waals surface area contributed by atoms with Gasteiger partial charge >= 0.3 is 0 Å². The Morgan fingerprint density at radius 1 is 1.33 bits per heavy atom. The molecule has 0 aliphatic heterocycles. The zero-order valence-corrected chi connectivity index (χ0v) is 15.6. The zero-order valence-electron chi connectivity index (χ0n) is 12.5. The van der Waals surface area contributed by atoms with Crippen LogP contribution in [0.2, 0.25) is 5.02 Å². The first-order chi connectivity index (χ1) is 9.52. The smallest absolute Gasteiger partial charge is 0.223 e. The number of rotatable bonds is 5. The van der Waals surface area contributed by atoms with E-state index in [-0.39, 0.29) is 29.9 Å². The van der Waals surface area contributed by atoms with Crippen molar-refractivity contribution in [2.75, 3.05) is 27.7 Å². The van der Waals surface area contributed by atoms with Gasteiger partial charge in [0.25, 0.3) is 0 Å². The molecule has 0 saturated heterocycles. The van der Waals surface area contributed by atoms with Crippen LogP contribution in [0, 0.1) is 0 Å². The number of halogens is 2. The van der Waals surface area contributed by atoms with Crippen LogP contribution in [-0.2, 0) is 11.3 Å². The van der Waals surface area contributed by atoms with Crippen molar-refractivity contribution < 1.29 is 4.79 Å². The van der Waals surface area contributed by atoms with Gasteiger partial charge in [-0.15, -0.1) is 24.0 Å². The number of amides is 1. The summed E-state index contributed by atoms with van der Waals surface area (Å²) in [4.78, 5) is 17.1. The maximum Gasteiger partial charge on any atom is 0.223 e. The summed E-state index contributed by atoms with van der Waals surface area (Å²) in [6.07, 6.45) is 0.435. The van der Waals surface area contributed by atoms with Gasteiger partial charge in [0.1, 0.15) is 0 Å². The number of hydrogen-bond donors (Lipinski definition) is 2. The van der Waals surface area contributed by atoms with Crippen molar-refractivity contribution >= 4 is 47.4 Å². The average Bonchev–Trinajstić information content (AvgIpc) is 2.42. The molecule has 1 amide bonds. The van der Waals surface area contributed by atoms with E-state index < -0.39 is 0 Å². The van der Waals surface area contributed by atoms with Gasteiger partial charge in [-0.25, -0.2) is 0 Å². The van der Waals surface area contributed by atoms with E-state index in [0.717, 1.165) is 5.56 Å². The molecule has 0 bridgehead atoms. The molecular weight excluding hydrogens is 403 g/mol. The Hall–Kier alpha value is -1.02. The van der Waals surface area contributed by atoms with E-state index in [1.54, 1.807) is 26.0 Å². The molecule has 21 heavy (non-hydrogen) atoms. The normalized spacial score (nSPS) is 10.6. The van der Waals surface area contributed by atoms with Gasteiger partial charge in [0.2, 0.25) is 5.91 Å². The van der Waals surface area contributed by atoms with Gasteiger partial charge in [-0.3, -0.25) is 9.79 Å². The number of nitrogens with zero attached hydrogens (tertiary/aromatic N) is 2. The highest BCUT2D eigenvalue weighted by molar-refractivity contribution is 14.0. The number of hydrogen-bond acceptors (Lipinski definition) is 2. The minimum absolute atomic E-state index is 0. The third kappa shape index (κ3) is 8.11. The van der Waals surface area contributed by atoms with E-state index in [1.807, 2.05) is 24.3 Å². The molecule has 118 valence electrons. The predicted molar refractivity (Wildman–Crippen MR) is 98.4 cm³/mol. The van der Waals surface area contributed by atoms with Gasteiger partial charge in [0, 0.05) is 45.7 Å². The number of nitrogens with one attached hydrogen (secondary N) is 2. The van der Waals surface area contributed by atoms with Crippen LogP contribution >= 0.6 is 35.6 Å². The minimum Gasteiger partial charge on any atom is -0.356 e. The molecule has 5 nitrogen and oxygen atoms in total. The van der Waals surface area contributed by atoms with Crippen molar-refractivity contribution in [2.45, 2.75) is 13.0 Å². The van der Waals surface area contributed by atoms with Crippen LogP contribution < -0.4 is 10.6 Å². The van der Waals surface area contributed by atoms with E-state index in [2.05, 4.69) is 15.6 Å². The molecule has 0 radical (unpaired) electrons. The molecule has 0 heterocycles. The second kappa shape index (κ2) is 10.7. The van der Waals surface area contributed by atoms with Crippen LogP contribution in [0.1, 0.15) is 12.0 Å². The molecular formula is C14H22ClIN4O. The topological polar surface area (TPSA) is 56.7 Å². The molecule has 0 unspecified atom stereocenters. The minimum atomic E-state index is 0. The maximum absolute atomic E-state index is 11.4. The summed E-state index contributed by atoms with van der Waals surface area (Å²) < 4.78 is 0. The Morgan fingerprint density at radius 3 is 2.62 bits per heavy atom. The lowest BCUT2D eigenvalue weighted by atomic mass is 10.2. The van der Waals surface area contributed by atoms with E-state index in [4.69, 9.17) is 11.6 Å². The van der Waals surface area contributed by atoms with Gasteiger partial charge in [-0.05, 0) is 17.7 Å². The van der Waals surface area contributed by atoms with Crippen LogP contribution in [-0.4, -0.2) is 44.5 Å². The largest absolute Gasteiger partial charge is 0.356 e. The molecule has 0 saturated carbocycles. The molecule has 1 rings (SSSR count). The van der Waals surface area contributed by atoms with Crippen LogP contribution in [0.3, 0.4) is 0 Å². The van der Waals surface area contributed by atoms with Crippen molar-refractivity contribution in [3.63, 3.8) is 0 Å². The van der Waals surface area contributed by atoms with E-state index >= 15 is 0 Å². The lowest BCUT2D eigenvalue weighted by Crippen LogP contribution is -2.38. The predicted octanol–water partition coefficient (Wildman–Crippen LogP) is 2.10. The number of guanidine groups is 1. The Kier molecular flexibility index (Phi) is 10.2. The van der Waals surface area contributed by atoms with Crippen molar-refractivity contribution in [3.05, 3.63) is 34.9 Å². The molecule has 1 aromatic carbocycles. The third-order valence-electron chi connectivity index (χ3n) is 2.70. The van der Waals surface area contributed by atoms with Crippen molar-refractivity contribution in [3.8, 4) is 0 Å². The quantitative estimate of drug-likeness (QED) is 0.432. The fourth-order valence-corrected chi connectivity index (χ4v) is 1.78. The summed E-state index contributed by atoms with van der Waals surface area (Å²) in [6.45, 7) is 1.17. The molecule has 0 aromatic heterocycles. The summed E-state index contributed by atoms with van der Waals surface area (Å²) in [5.74, 6) is 0.749. The Morgan fingerprint density at radius 2 is 2.05 bits per heavy atom. The SMILES string of the molecule is CN=C(NCCC(=O)N(C)C)NCc1cccc(Cl)c1.I. The number of aliphatic imine (C=N–C) groups is 1. The van der Waals surface area contributed by atoms with Gasteiger partial charge < -0.3 is 15.5 Å². The molecule has 0 aliphatic rings. The fourth-order valence-electron chi connectivity index (χ4n) is 1.56. The summed E-state index contributed by atoms with van der Waals surface area (Å²) in [7, 11) is 5.18. The van der Waals surface area contributed by atoms with Gasteiger partial charge in [0.15, 0.2) is 5.96 Å². The van der Waals surface area contributed by atoms with E-state index in [1.165, 1.54) is 0 Å². The van der Waals surface area contributed by atoms with Gasteiger partial charge in [-0.1, -0.05) is 23.7 Å². The number of benzene rings is 1. The highest BCUT2D eigenvalue weighted by atomic mass is 127. The van der Waals surface area contributed by atoms with Crippen LogP contribution in [0.25, 0.3) is 0 Å². The summed E-state index contributed by atoms with van der Waals surface area (Å²) in [6, 6.07) is 7.63. The first-order valence-electron chi connectivity index (χ1n) is 6.42. The lowest BCUT2D eigenvalue weighted by molar-refractivity contribution is -0.128. The van der Waals surface area contributed by atoms with Crippen LogP contribution in [0.15, 0.2) is 29.3 Å². The Balaban J connectivity index is 0.00000400. The molecule has 0 atom stereocenters. The van der Waals surface area contributed by atoms with Crippen LogP contribution in [0.4, 0.5) is 0 Å². The second-order valence-electron chi connectivity index (χ2n) is 4.52. The van der Waals surface area contributed by atoms with Gasteiger partial charge in [0.05, 0.1) is 0 Å². The molecule has 1 aromatic rings. The summed E-state index contributed by atoms with van der Waals surface area (Å²) in [5.41, 5.74) is 1.07. The standard InChI is InChI=1S/C14H21ClN4O.HI/c1-16-14(17-8-7-13(20)19(2)3)18-10-11-5-4-6-12(15)9-11;/h4-6,9H,7-8,10H2,1-3H3,(H2,16,17,18);1H. The van der Waals surface area contributed by atoms with Gasteiger partial charge in [-0.2, -0.15) is 0 Å². The number of carbonyl (C=O) groups is 1. The van der Waals surface area contributed by atoms with Crippen LogP contribution in [0.5, 0.6) is 0 Å². The average molecular weight is 425 g/mol. The lowest BCUT2D eigenvalue weighted by Gasteiger charge is -2.13.